The summed E-state index contributed by atoms with van der Waals surface area (Å²) in [6, 6.07) is 8.03. The minimum atomic E-state index is -0.353. The Morgan fingerprint density at radius 3 is 2.83 bits per heavy atom. The Balaban J connectivity index is 1.71. The zero-order valence-electron chi connectivity index (χ0n) is 13.2. The Morgan fingerprint density at radius 1 is 1.38 bits per heavy atom. The van der Waals surface area contributed by atoms with Crippen molar-refractivity contribution in [2.45, 2.75) is 30.7 Å². The van der Waals surface area contributed by atoms with Gasteiger partial charge in [-0.1, -0.05) is 30.8 Å². The Morgan fingerprint density at radius 2 is 2.17 bits per heavy atom. The van der Waals surface area contributed by atoms with Gasteiger partial charge in [0, 0.05) is 11.6 Å². The summed E-state index contributed by atoms with van der Waals surface area (Å²) in [4.78, 5) is 16.3. The summed E-state index contributed by atoms with van der Waals surface area (Å²) in [6.07, 6.45) is 2.63. The van der Waals surface area contributed by atoms with Crippen LogP contribution in [0.1, 0.15) is 19.4 Å². The number of nitrogens with zero attached hydrogens (tertiary/aromatic N) is 5. The van der Waals surface area contributed by atoms with E-state index in [9.17, 15) is 4.79 Å². The lowest BCUT2D eigenvalue weighted by Crippen LogP contribution is -2.22. The number of thiazole rings is 1. The minimum absolute atomic E-state index is 0.133. The van der Waals surface area contributed by atoms with Crippen LogP contribution in [0.25, 0.3) is 5.69 Å². The van der Waals surface area contributed by atoms with Crippen LogP contribution in [-0.2, 0) is 11.2 Å². The highest BCUT2D eigenvalue weighted by atomic mass is 32.2. The quantitative estimate of drug-likeness (QED) is 0.680. The molecule has 0 aliphatic carbocycles. The Kier molecular flexibility index (Phi) is 5.21. The van der Waals surface area contributed by atoms with Crippen LogP contribution in [-0.4, -0.2) is 36.3 Å². The van der Waals surface area contributed by atoms with Gasteiger partial charge in [0.25, 0.3) is 0 Å². The summed E-state index contributed by atoms with van der Waals surface area (Å²) >= 11 is 2.69. The van der Waals surface area contributed by atoms with E-state index in [0.717, 1.165) is 12.1 Å². The molecule has 0 aliphatic heterocycles. The lowest BCUT2D eigenvalue weighted by Gasteiger charge is -2.10. The molecule has 24 heavy (non-hydrogen) atoms. The number of rotatable bonds is 6. The fourth-order valence-corrected chi connectivity index (χ4v) is 3.33. The second-order valence-electron chi connectivity index (χ2n) is 4.98. The summed E-state index contributed by atoms with van der Waals surface area (Å²) in [5.41, 5.74) is 2.12. The zero-order valence-corrected chi connectivity index (χ0v) is 14.8. The molecule has 7 nitrogen and oxygen atoms in total. The van der Waals surface area contributed by atoms with E-state index in [1.54, 1.807) is 10.9 Å². The summed E-state index contributed by atoms with van der Waals surface area (Å²) in [5.74, 6) is -0.133. The van der Waals surface area contributed by atoms with E-state index < -0.39 is 0 Å². The van der Waals surface area contributed by atoms with Gasteiger partial charge < -0.3 is 5.32 Å². The maximum Gasteiger partial charge on any atom is 0.239 e. The molecule has 3 aromatic rings. The highest BCUT2D eigenvalue weighted by Gasteiger charge is 2.20. The molecule has 124 valence electrons. The van der Waals surface area contributed by atoms with E-state index in [1.165, 1.54) is 28.7 Å². The van der Waals surface area contributed by atoms with E-state index in [2.05, 4.69) is 32.7 Å². The molecular weight excluding hydrogens is 344 g/mol. The van der Waals surface area contributed by atoms with Gasteiger partial charge in [-0.25, -0.2) is 4.98 Å². The molecule has 3 rings (SSSR count). The third-order valence-electron chi connectivity index (χ3n) is 3.34. The number of benzene rings is 1. The molecule has 9 heteroatoms. The molecule has 2 heterocycles. The van der Waals surface area contributed by atoms with Crippen LogP contribution in [0.2, 0.25) is 0 Å². The summed E-state index contributed by atoms with van der Waals surface area (Å²) in [7, 11) is 0. The fraction of sp³-hybridized carbons (Fsp3) is 0.267. The summed E-state index contributed by atoms with van der Waals surface area (Å²) in [6.45, 7) is 3.92. The number of thioether (sulfide) groups is 1. The van der Waals surface area contributed by atoms with Gasteiger partial charge in [0.05, 0.1) is 10.9 Å². The number of nitrogens with one attached hydrogen (secondary N) is 1. The van der Waals surface area contributed by atoms with Crippen LogP contribution in [0.4, 0.5) is 5.13 Å². The molecule has 0 bridgehead atoms. The summed E-state index contributed by atoms with van der Waals surface area (Å²) in [5, 5.41) is 17.2. The average Bonchev–Trinajstić information content (AvgIpc) is 3.27. The van der Waals surface area contributed by atoms with Crippen LogP contribution in [0, 0.1) is 0 Å². The maximum atomic E-state index is 12.2. The molecule has 0 fully saturated rings. The fourth-order valence-electron chi connectivity index (χ4n) is 1.99. The van der Waals surface area contributed by atoms with E-state index in [1.807, 2.05) is 36.6 Å². The third kappa shape index (κ3) is 3.80. The van der Waals surface area contributed by atoms with Gasteiger partial charge in [0.1, 0.15) is 0 Å². The van der Waals surface area contributed by atoms with Gasteiger partial charge >= 0.3 is 0 Å². The zero-order chi connectivity index (χ0) is 16.9. The van der Waals surface area contributed by atoms with Gasteiger partial charge in [0.2, 0.25) is 11.1 Å². The molecule has 0 spiro atoms. The maximum absolute atomic E-state index is 12.2. The second kappa shape index (κ2) is 7.54. The van der Waals surface area contributed by atoms with Crippen LogP contribution in [0.5, 0.6) is 0 Å². The number of hydrogen-bond acceptors (Lipinski definition) is 7. The normalized spacial score (nSPS) is 12.1. The van der Waals surface area contributed by atoms with Gasteiger partial charge in [-0.05, 0) is 41.5 Å². The van der Waals surface area contributed by atoms with Crippen molar-refractivity contribution in [2.24, 2.45) is 0 Å². The molecule has 0 radical (unpaired) electrons. The number of amides is 1. The first-order valence-corrected chi connectivity index (χ1v) is 9.18. The minimum Gasteiger partial charge on any atom is -0.301 e. The van der Waals surface area contributed by atoms with E-state index in [0.29, 0.717) is 10.3 Å². The standard InChI is InChI=1S/C15H16N6OS2/c1-3-11-4-6-12(7-5-11)21-15(18-19-20-21)24-10(2)13(22)17-14-16-8-9-23-14/h4-10H,3H2,1-2H3,(H,16,17,22). The van der Waals surface area contributed by atoms with Crippen molar-refractivity contribution in [3.8, 4) is 5.69 Å². The number of tetrazole rings is 1. The van der Waals surface area contributed by atoms with Crippen molar-refractivity contribution in [2.75, 3.05) is 5.32 Å². The second-order valence-corrected chi connectivity index (χ2v) is 7.18. The lowest BCUT2D eigenvalue weighted by atomic mass is 10.1. The van der Waals surface area contributed by atoms with Crippen molar-refractivity contribution in [3.05, 3.63) is 41.4 Å². The van der Waals surface area contributed by atoms with Crippen molar-refractivity contribution in [3.63, 3.8) is 0 Å². The Labute approximate surface area is 147 Å². The van der Waals surface area contributed by atoms with Crippen LogP contribution in [0.15, 0.2) is 41.0 Å². The molecule has 1 atom stereocenters. The molecule has 0 saturated heterocycles. The average molecular weight is 360 g/mol. The molecule has 1 N–H and O–H groups in total. The van der Waals surface area contributed by atoms with Crippen molar-refractivity contribution in [1.82, 2.24) is 25.2 Å². The number of anilines is 1. The molecule has 0 aliphatic rings. The highest BCUT2D eigenvalue weighted by Crippen LogP contribution is 2.24. The van der Waals surface area contributed by atoms with E-state index >= 15 is 0 Å². The largest absolute Gasteiger partial charge is 0.301 e. The van der Waals surface area contributed by atoms with Crippen LogP contribution < -0.4 is 5.32 Å². The first-order valence-electron chi connectivity index (χ1n) is 7.42. The van der Waals surface area contributed by atoms with Crippen molar-refractivity contribution in [1.29, 1.82) is 0 Å². The number of carbonyl (C=O) groups excluding carboxylic acids is 1. The molecule has 1 unspecified atom stereocenters. The first-order chi connectivity index (χ1) is 11.7. The Hall–Kier alpha value is -2.26. The van der Waals surface area contributed by atoms with Crippen LogP contribution in [0.3, 0.4) is 0 Å². The molecular formula is C15H16N6OS2. The van der Waals surface area contributed by atoms with Crippen molar-refractivity contribution < 1.29 is 4.79 Å². The topological polar surface area (TPSA) is 85.6 Å². The smallest absolute Gasteiger partial charge is 0.239 e. The van der Waals surface area contributed by atoms with Crippen LogP contribution >= 0.6 is 23.1 Å². The Bertz CT molecular complexity index is 800. The van der Waals surface area contributed by atoms with Crippen molar-refractivity contribution >= 4 is 34.1 Å². The predicted octanol–water partition coefficient (Wildman–Crippen LogP) is 2.80. The molecule has 2 aromatic heterocycles. The predicted molar refractivity (Wildman–Crippen MR) is 94.6 cm³/mol. The van der Waals surface area contributed by atoms with E-state index in [-0.39, 0.29) is 11.2 Å². The number of aryl methyl sites for hydroxylation is 1. The number of carbonyl (C=O) groups is 1. The monoisotopic (exact) mass is 360 g/mol. The number of aromatic nitrogens is 5. The van der Waals surface area contributed by atoms with Gasteiger partial charge in [0.15, 0.2) is 5.13 Å². The summed E-state index contributed by atoms with van der Waals surface area (Å²) < 4.78 is 1.64. The third-order valence-corrected chi connectivity index (χ3v) is 5.07. The highest BCUT2D eigenvalue weighted by molar-refractivity contribution is 8.00. The van der Waals surface area contributed by atoms with Gasteiger partial charge in [-0.2, -0.15) is 4.68 Å². The number of hydrogen-bond donors (Lipinski definition) is 1. The molecule has 1 amide bonds. The lowest BCUT2D eigenvalue weighted by molar-refractivity contribution is -0.115. The SMILES string of the molecule is CCc1ccc(-n2nnnc2SC(C)C(=O)Nc2nccs2)cc1. The molecule has 0 saturated carbocycles. The molecule has 1 aromatic carbocycles. The first kappa shape index (κ1) is 16.6. The van der Waals surface area contributed by atoms with Gasteiger partial charge in [-0.15, -0.1) is 16.4 Å². The van der Waals surface area contributed by atoms with Gasteiger partial charge in [-0.3, -0.25) is 4.79 Å². The van der Waals surface area contributed by atoms with E-state index in [4.69, 9.17) is 0 Å².